The second kappa shape index (κ2) is 10.2. The summed E-state index contributed by atoms with van der Waals surface area (Å²) in [5, 5.41) is 11.7. The SMILES string of the molecule is COc1ccc(CCNC(=O)C2CCN(c3ccc(-c4ccc(F)cc4)nn3)CC2)cc1. The van der Waals surface area contributed by atoms with Gasteiger partial charge in [-0.25, -0.2) is 4.39 Å². The predicted octanol–water partition coefficient (Wildman–Crippen LogP) is 3.87. The fourth-order valence-electron chi connectivity index (χ4n) is 3.91. The summed E-state index contributed by atoms with van der Waals surface area (Å²) >= 11 is 0. The lowest BCUT2D eigenvalue weighted by atomic mass is 9.96. The number of benzene rings is 2. The van der Waals surface area contributed by atoms with Gasteiger partial charge in [-0.05, 0) is 73.4 Å². The Labute approximate surface area is 187 Å². The van der Waals surface area contributed by atoms with Crippen LogP contribution in [0.1, 0.15) is 18.4 Å². The Kier molecular flexibility index (Phi) is 6.94. The second-order valence-corrected chi connectivity index (χ2v) is 7.93. The van der Waals surface area contributed by atoms with Crippen molar-refractivity contribution in [1.82, 2.24) is 15.5 Å². The number of hydrogen-bond donors (Lipinski definition) is 1. The van der Waals surface area contributed by atoms with Crippen molar-refractivity contribution in [2.45, 2.75) is 19.3 Å². The zero-order valence-electron chi connectivity index (χ0n) is 18.1. The van der Waals surface area contributed by atoms with Crippen LogP contribution in [-0.2, 0) is 11.2 Å². The Morgan fingerprint density at radius 2 is 1.75 bits per heavy atom. The van der Waals surface area contributed by atoms with Crippen molar-refractivity contribution in [3.63, 3.8) is 0 Å². The number of piperidine rings is 1. The summed E-state index contributed by atoms with van der Waals surface area (Å²) in [6.07, 6.45) is 2.37. The van der Waals surface area contributed by atoms with Gasteiger partial charge in [-0.1, -0.05) is 12.1 Å². The molecule has 1 fully saturated rings. The number of carbonyl (C=O) groups is 1. The average Bonchev–Trinajstić information content (AvgIpc) is 2.85. The Bertz CT molecular complexity index is 1020. The number of methoxy groups -OCH3 is 1. The van der Waals surface area contributed by atoms with E-state index in [1.165, 1.54) is 17.7 Å². The first-order valence-corrected chi connectivity index (χ1v) is 10.9. The van der Waals surface area contributed by atoms with Crippen molar-refractivity contribution in [2.75, 3.05) is 31.6 Å². The molecule has 0 bridgehead atoms. The Morgan fingerprint density at radius 3 is 2.38 bits per heavy atom. The number of anilines is 1. The minimum Gasteiger partial charge on any atom is -0.497 e. The Morgan fingerprint density at radius 1 is 1.03 bits per heavy atom. The highest BCUT2D eigenvalue weighted by atomic mass is 19.1. The third-order valence-corrected chi connectivity index (χ3v) is 5.85. The van der Waals surface area contributed by atoms with Gasteiger partial charge in [0.15, 0.2) is 5.82 Å². The molecular formula is C25H27FN4O2. The summed E-state index contributed by atoms with van der Waals surface area (Å²) in [6, 6.07) is 17.9. The van der Waals surface area contributed by atoms with Crippen LogP contribution in [0.3, 0.4) is 0 Å². The molecule has 1 aliphatic heterocycles. The van der Waals surface area contributed by atoms with Crippen LogP contribution >= 0.6 is 0 Å². The standard InChI is InChI=1S/C25H27FN4O2/c1-32-22-8-2-18(3-9-22)12-15-27-25(31)20-13-16-30(17-14-20)24-11-10-23(28-29-24)19-4-6-21(26)7-5-19/h2-11,20H,12-17H2,1H3,(H,27,31). The number of carbonyl (C=O) groups excluding carboxylic acids is 1. The third-order valence-electron chi connectivity index (χ3n) is 5.85. The first kappa shape index (κ1) is 21.7. The molecule has 0 aliphatic carbocycles. The molecule has 1 amide bonds. The molecule has 2 heterocycles. The van der Waals surface area contributed by atoms with Gasteiger partial charge in [0.25, 0.3) is 0 Å². The van der Waals surface area contributed by atoms with E-state index in [4.69, 9.17) is 4.74 Å². The molecule has 3 aromatic rings. The van der Waals surface area contributed by atoms with Crippen LogP contribution in [-0.4, -0.2) is 42.8 Å². The number of nitrogens with zero attached hydrogens (tertiary/aromatic N) is 3. The molecule has 0 spiro atoms. The van der Waals surface area contributed by atoms with Gasteiger partial charge < -0.3 is 15.0 Å². The highest BCUT2D eigenvalue weighted by molar-refractivity contribution is 5.79. The van der Waals surface area contributed by atoms with Crippen LogP contribution in [0.2, 0.25) is 0 Å². The molecule has 7 heteroatoms. The summed E-state index contributed by atoms with van der Waals surface area (Å²) in [5.74, 6) is 1.50. The lowest BCUT2D eigenvalue weighted by Gasteiger charge is -2.31. The lowest BCUT2D eigenvalue weighted by Crippen LogP contribution is -2.41. The maximum Gasteiger partial charge on any atom is 0.223 e. The van der Waals surface area contributed by atoms with Gasteiger partial charge in [-0.2, -0.15) is 0 Å². The molecule has 32 heavy (non-hydrogen) atoms. The maximum absolute atomic E-state index is 13.1. The van der Waals surface area contributed by atoms with Crippen LogP contribution in [0.4, 0.5) is 10.2 Å². The van der Waals surface area contributed by atoms with Gasteiger partial charge in [0.2, 0.25) is 5.91 Å². The third kappa shape index (κ3) is 5.41. The number of halogens is 1. The van der Waals surface area contributed by atoms with Gasteiger partial charge in [0.1, 0.15) is 11.6 Å². The highest BCUT2D eigenvalue weighted by Gasteiger charge is 2.25. The largest absolute Gasteiger partial charge is 0.497 e. The summed E-state index contributed by atoms with van der Waals surface area (Å²) in [4.78, 5) is 14.7. The van der Waals surface area contributed by atoms with Gasteiger partial charge >= 0.3 is 0 Å². The summed E-state index contributed by atoms with van der Waals surface area (Å²) in [6.45, 7) is 2.16. The zero-order valence-corrected chi connectivity index (χ0v) is 18.1. The van der Waals surface area contributed by atoms with E-state index in [0.29, 0.717) is 12.2 Å². The molecule has 0 saturated carbocycles. The molecule has 1 aromatic heterocycles. The van der Waals surface area contributed by atoms with Crippen LogP contribution in [0.5, 0.6) is 5.75 Å². The molecule has 0 unspecified atom stereocenters. The summed E-state index contributed by atoms with van der Waals surface area (Å²) < 4.78 is 18.3. The summed E-state index contributed by atoms with van der Waals surface area (Å²) in [5.41, 5.74) is 2.71. The van der Waals surface area contributed by atoms with Gasteiger partial charge in [-0.3, -0.25) is 4.79 Å². The molecule has 0 atom stereocenters. The number of aromatic nitrogens is 2. The molecule has 166 valence electrons. The number of amides is 1. The van der Waals surface area contributed by atoms with E-state index in [1.807, 2.05) is 36.4 Å². The smallest absolute Gasteiger partial charge is 0.223 e. The van der Waals surface area contributed by atoms with Crippen molar-refractivity contribution < 1.29 is 13.9 Å². The number of nitrogens with one attached hydrogen (secondary N) is 1. The van der Waals surface area contributed by atoms with Crippen LogP contribution in [0.25, 0.3) is 11.3 Å². The van der Waals surface area contributed by atoms with E-state index in [2.05, 4.69) is 20.4 Å². The Balaban J connectivity index is 1.23. The van der Waals surface area contributed by atoms with Crippen LogP contribution in [0, 0.1) is 11.7 Å². The van der Waals surface area contributed by atoms with E-state index in [1.54, 1.807) is 19.2 Å². The average molecular weight is 435 g/mol. The van der Waals surface area contributed by atoms with E-state index < -0.39 is 0 Å². The first-order chi connectivity index (χ1) is 15.6. The Hall–Kier alpha value is -3.48. The fourth-order valence-corrected chi connectivity index (χ4v) is 3.91. The summed E-state index contributed by atoms with van der Waals surface area (Å²) in [7, 11) is 1.65. The molecule has 1 aliphatic rings. The fraction of sp³-hybridized carbons (Fsp3) is 0.320. The van der Waals surface area contributed by atoms with Crippen LogP contribution in [0.15, 0.2) is 60.7 Å². The number of hydrogen-bond acceptors (Lipinski definition) is 5. The van der Waals surface area contributed by atoms with Crippen molar-refractivity contribution in [2.24, 2.45) is 5.92 Å². The number of rotatable bonds is 7. The van der Waals surface area contributed by atoms with Gasteiger partial charge in [-0.15, -0.1) is 10.2 Å². The quantitative estimate of drug-likeness (QED) is 0.612. The van der Waals surface area contributed by atoms with Crippen molar-refractivity contribution >= 4 is 11.7 Å². The topological polar surface area (TPSA) is 67.3 Å². The van der Waals surface area contributed by atoms with E-state index in [-0.39, 0.29) is 17.6 Å². The van der Waals surface area contributed by atoms with Crippen molar-refractivity contribution in [1.29, 1.82) is 0 Å². The van der Waals surface area contributed by atoms with Crippen LogP contribution < -0.4 is 15.0 Å². The minimum atomic E-state index is -0.272. The predicted molar refractivity (Wildman–Crippen MR) is 122 cm³/mol. The lowest BCUT2D eigenvalue weighted by molar-refractivity contribution is -0.125. The molecule has 1 N–H and O–H groups in total. The molecular weight excluding hydrogens is 407 g/mol. The molecule has 6 nitrogen and oxygen atoms in total. The monoisotopic (exact) mass is 434 g/mol. The van der Waals surface area contributed by atoms with Gasteiger partial charge in [0.05, 0.1) is 12.8 Å². The van der Waals surface area contributed by atoms with E-state index in [0.717, 1.165) is 49.5 Å². The minimum absolute atomic E-state index is 0.0218. The van der Waals surface area contributed by atoms with Crippen molar-refractivity contribution in [3.05, 3.63) is 72.0 Å². The van der Waals surface area contributed by atoms with E-state index in [9.17, 15) is 9.18 Å². The molecule has 1 saturated heterocycles. The molecule has 2 aromatic carbocycles. The normalized spacial score (nSPS) is 14.2. The second-order valence-electron chi connectivity index (χ2n) is 7.93. The molecule has 4 rings (SSSR count). The first-order valence-electron chi connectivity index (χ1n) is 10.9. The highest BCUT2D eigenvalue weighted by Crippen LogP contribution is 2.23. The van der Waals surface area contributed by atoms with Gasteiger partial charge in [0, 0.05) is 31.1 Å². The zero-order chi connectivity index (χ0) is 22.3. The number of ether oxygens (including phenoxy) is 1. The maximum atomic E-state index is 13.1. The molecule has 0 radical (unpaired) electrons. The van der Waals surface area contributed by atoms with Crippen molar-refractivity contribution in [3.8, 4) is 17.0 Å². The van der Waals surface area contributed by atoms with E-state index >= 15 is 0 Å².